The molecule has 0 spiro atoms. The maximum absolute atomic E-state index is 13.2. The zero-order valence-electron chi connectivity index (χ0n) is 19.8. The maximum atomic E-state index is 13.2. The van der Waals surface area contributed by atoms with Crippen molar-refractivity contribution in [3.8, 4) is 5.69 Å². The van der Waals surface area contributed by atoms with Gasteiger partial charge in [0.05, 0.1) is 10.7 Å². The van der Waals surface area contributed by atoms with E-state index in [1.54, 1.807) is 21.8 Å². The van der Waals surface area contributed by atoms with Crippen LogP contribution in [0.2, 0.25) is 5.02 Å². The van der Waals surface area contributed by atoms with Gasteiger partial charge in [-0.1, -0.05) is 38.4 Å². The number of pyridine rings is 1. The topological polar surface area (TPSA) is 89.7 Å². The summed E-state index contributed by atoms with van der Waals surface area (Å²) in [7, 11) is 0. The van der Waals surface area contributed by atoms with E-state index in [-0.39, 0.29) is 11.0 Å². The van der Waals surface area contributed by atoms with Crippen LogP contribution in [0.1, 0.15) is 44.5 Å². The van der Waals surface area contributed by atoms with Crippen molar-refractivity contribution in [2.45, 2.75) is 52.6 Å². The van der Waals surface area contributed by atoms with E-state index in [0.29, 0.717) is 34.2 Å². The highest BCUT2D eigenvalue weighted by Crippen LogP contribution is 2.29. The third-order valence-corrected chi connectivity index (χ3v) is 6.45. The number of benzene rings is 1. The number of aromatic nitrogens is 5. The van der Waals surface area contributed by atoms with Crippen molar-refractivity contribution in [3.63, 3.8) is 0 Å². The molecule has 3 aromatic heterocycles. The van der Waals surface area contributed by atoms with Gasteiger partial charge in [0.2, 0.25) is 5.95 Å². The van der Waals surface area contributed by atoms with E-state index in [2.05, 4.69) is 53.5 Å². The van der Waals surface area contributed by atoms with Crippen molar-refractivity contribution in [3.05, 3.63) is 68.9 Å². The highest BCUT2D eigenvalue weighted by molar-refractivity contribution is 6.32. The van der Waals surface area contributed by atoms with Crippen molar-refractivity contribution in [1.82, 2.24) is 29.6 Å². The van der Waals surface area contributed by atoms with E-state index in [4.69, 9.17) is 16.6 Å². The molecule has 0 fully saturated rings. The average molecular weight is 478 g/mol. The Morgan fingerprint density at radius 3 is 2.74 bits per heavy atom. The summed E-state index contributed by atoms with van der Waals surface area (Å²) in [5.74, 6) is 0.421. The van der Waals surface area contributed by atoms with Gasteiger partial charge in [-0.15, -0.1) is 0 Å². The summed E-state index contributed by atoms with van der Waals surface area (Å²) >= 11 is 6.59. The Morgan fingerprint density at radius 1 is 1.15 bits per heavy atom. The monoisotopic (exact) mass is 477 g/mol. The van der Waals surface area contributed by atoms with Crippen LogP contribution >= 0.6 is 11.6 Å². The number of nitrogens with zero attached hydrogens (tertiary/aromatic N) is 5. The van der Waals surface area contributed by atoms with Crippen molar-refractivity contribution >= 4 is 34.3 Å². The van der Waals surface area contributed by atoms with Gasteiger partial charge in [0.25, 0.3) is 5.56 Å². The average Bonchev–Trinajstić information content (AvgIpc) is 3.09. The molecular weight excluding hydrogens is 450 g/mol. The lowest BCUT2D eigenvalue weighted by atomic mass is 9.91. The summed E-state index contributed by atoms with van der Waals surface area (Å²) in [6, 6.07) is 8.22. The third kappa shape index (κ3) is 3.97. The van der Waals surface area contributed by atoms with Gasteiger partial charge in [0.1, 0.15) is 5.39 Å². The van der Waals surface area contributed by atoms with E-state index in [9.17, 15) is 4.79 Å². The zero-order chi connectivity index (χ0) is 24.0. The molecule has 0 atom stereocenters. The highest BCUT2D eigenvalue weighted by atomic mass is 35.5. The predicted molar refractivity (Wildman–Crippen MR) is 135 cm³/mol. The lowest BCUT2D eigenvalue weighted by Gasteiger charge is -2.20. The fourth-order valence-electron chi connectivity index (χ4n) is 4.30. The molecule has 0 unspecified atom stereocenters. The van der Waals surface area contributed by atoms with Crippen molar-refractivity contribution in [1.29, 1.82) is 0 Å². The van der Waals surface area contributed by atoms with Crippen LogP contribution in [-0.2, 0) is 24.9 Å². The van der Waals surface area contributed by atoms with E-state index < -0.39 is 0 Å². The molecule has 4 aromatic rings. The quantitative estimate of drug-likeness (QED) is 0.454. The molecule has 34 heavy (non-hydrogen) atoms. The van der Waals surface area contributed by atoms with Crippen molar-refractivity contribution in [2.75, 3.05) is 11.9 Å². The number of fused-ring (bicyclic) bond motifs is 2. The van der Waals surface area contributed by atoms with E-state index in [1.807, 2.05) is 19.1 Å². The highest BCUT2D eigenvalue weighted by Gasteiger charge is 2.22. The number of hydrogen-bond acceptors (Lipinski definition) is 6. The third-order valence-electron chi connectivity index (χ3n) is 6.16. The molecule has 0 bridgehead atoms. The molecule has 0 radical (unpaired) electrons. The van der Waals surface area contributed by atoms with Gasteiger partial charge in [-0.3, -0.25) is 9.78 Å². The Hall–Kier alpha value is -3.23. The fourth-order valence-corrected chi connectivity index (χ4v) is 4.49. The Balaban J connectivity index is 1.63. The van der Waals surface area contributed by atoms with Gasteiger partial charge in [-0.05, 0) is 49.2 Å². The maximum Gasteiger partial charge on any atom is 0.278 e. The second-order valence-corrected chi connectivity index (χ2v) is 9.98. The largest absolute Gasteiger partial charge is 0.324 e. The SMILES string of the molecule is CCn1c(=O)c2cnc(Nc3ccc4c(c3)CCNC4)nc2n1-c1cc(C(C)(C)C)ncc1Cl. The summed E-state index contributed by atoms with van der Waals surface area (Å²) in [5, 5.41) is 7.58. The molecule has 1 aromatic carbocycles. The molecule has 0 saturated heterocycles. The van der Waals surface area contributed by atoms with Gasteiger partial charge in [-0.25, -0.2) is 14.3 Å². The molecule has 9 heteroatoms. The molecule has 8 nitrogen and oxygen atoms in total. The van der Waals surface area contributed by atoms with Crippen LogP contribution in [0.15, 0.2) is 41.5 Å². The molecule has 0 saturated carbocycles. The first-order chi connectivity index (χ1) is 16.3. The first kappa shape index (κ1) is 22.6. The van der Waals surface area contributed by atoms with Gasteiger partial charge < -0.3 is 10.6 Å². The summed E-state index contributed by atoms with van der Waals surface area (Å²) in [4.78, 5) is 26.8. The second-order valence-electron chi connectivity index (χ2n) is 9.57. The summed E-state index contributed by atoms with van der Waals surface area (Å²) in [6.07, 6.45) is 4.20. The van der Waals surface area contributed by atoms with E-state index in [0.717, 1.165) is 30.9 Å². The van der Waals surface area contributed by atoms with Gasteiger partial charge in [-0.2, -0.15) is 4.98 Å². The van der Waals surface area contributed by atoms with Gasteiger partial charge in [0, 0.05) is 42.3 Å². The van der Waals surface area contributed by atoms with Crippen LogP contribution in [0.5, 0.6) is 0 Å². The van der Waals surface area contributed by atoms with E-state index in [1.165, 1.54) is 11.1 Å². The second kappa shape index (κ2) is 8.52. The molecule has 1 aliphatic heterocycles. The van der Waals surface area contributed by atoms with Crippen LogP contribution in [0.3, 0.4) is 0 Å². The van der Waals surface area contributed by atoms with Crippen LogP contribution in [0.4, 0.5) is 11.6 Å². The Labute approximate surface area is 203 Å². The first-order valence-electron chi connectivity index (χ1n) is 11.5. The fraction of sp³-hybridized carbons (Fsp3) is 0.360. The molecule has 1 aliphatic rings. The van der Waals surface area contributed by atoms with Crippen LogP contribution < -0.4 is 16.2 Å². The summed E-state index contributed by atoms with van der Waals surface area (Å²) in [5.41, 5.74) is 5.25. The van der Waals surface area contributed by atoms with E-state index >= 15 is 0 Å². The lowest BCUT2D eigenvalue weighted by molar-refractivity contribution is 0.557. The number of rotatable bonds is 4. The molecule has 5 rings (SSSR count). The molecule has 0 aliphatic carbocycles. The van der Waals surface area contributed by atoms with Crippen molar-refractivity contribution < 1.29 is 0 Å². The standard InChI is InChI=1S/C25H28ClN7O/c1-5-32-23(34)18-13-29-24(30-17-7-6-16-12-27-9-8-15(16)10-17)31-22(18)33(32)20-11-21(25(2,3)4)28-14-19(20)26/h6-7,10-11,13-14,27H,5,8-9,12H2,1-4H3,(H,29,30,31). The van der Waals surface area contributed by atoms with Gasteiger partial charge in [0.15, 0.2) is 5.65 Å². The number of anilines is 2. The summed E-state index contributed by atoms with van der Waals surface area (Å²) in [6.45, 7) is 10.5. The van der Waals surface area contributed by atoms with Crippen LogP contribution in [0, 0.1) is 0 Å². The molecular formula is C25H28ClN7O. The molecule has 0 amide bonds. The summed E-state index contributed by atoms with van der Waals surface area (Å²) < 4.78 is 3.41. The first-order valence-corrected chi connectivity index (χ1v) is 11.9. The smallest absolute Gasteiger partial charge is 0.278 e. The Bertz CT molecular complexity index is 1450. The minimum Gasteiger partial charge on any atom is -0.324 e. The minimum atomic E-state index is -0.177. The predicted octanol–water partition coefficient (Wildman–Crippen LogP) is 4.34. The number of hydrogen-bond donors (Lipinski definition) is 2. The molecule has 2 N–H and O–H groups in total. The van der Waals surface area contributed by atoms with Gasteiger partial charge >= 0.3 is 0 Å². The zero-order valence-corrected chi connectivity index (χ0v) is 20.6. The number of nitrogens with one attached hydrogen (secondary N) is 2. The molecule has 176 valence electrons. The Kier molecular flexibility index (Phi) is 5.65. The van der Waals surface area contributed by atoms with Crippen LogP contribution in [-0.4, -0.2) is 30.9 Å². The lowest BCUT2D eigenvalue weighted by Crippen LogP contribution is -2.23. The minimum absolute atomic E-state index is 0.157. The molecule has 4 heterocycles. The van der Waals surface area contributed by atoms with Crippen molar-refractivity contribution in [2.24, 2.45) is 0 Å². The van der Waals surface area contributed by atoms with Crippen LogP contribution in [0.25, 0.3) is 16.7 Å². The Morgan fingerprint density at radius 2 is 1.97 bits per heavy atom. The number of halogens is 1. The normalized spacial score (nSPS) is 13.8.